The quantitative estimate of drug-likeness (QED) is 0.534. The summed E-state index contributed by atoms with van der Waals surface area (Å²) in [6, 6.07) is 1.64. The zero-order chi connectivity index (χ0) is 13.8. The van der Waals surface area contributed by atoms with Crippen molar-refractivity contribution in [3.63, 3.8) is 0 Å². The van der Waals surface area contributed by atoms with Gasteiger partial charge < -0.3 is 5.11 Å². The molecule has 18 heavy (non-hydrogen) atoms. The van der Waals surface area contributed by atoms with Gasteiger partial charge in [0.15, 0.2) is 5.03 Å². The molecule has 94 valence electrons. The summed E-state index contributed by atoms with van der Waals surface area (Å²) in [7, 11) is -4.19. The van der Waals surface area contributed by atoms with Gasteiger partial charge in [-0.25, -0.2) is 13.2 Å². The van der Waals surface area contributed by atoms with Crippen molar-refractivity contribution in [2.45, 2.75) is 5.03 Å². The number of aromatic amines is 1. The highest BCUT2D eigenvalue weighted by atomic mass is 32.2. The van der Waals surface area contributed by atoms with E-state index in [-0.39, 0.29) is 6.54 Å². The molecule has 0 aromatic carbocycles. The molecule has 1 aromatic rings. The van der Waals surface area contributed by atoms with E-state index in [4.69, 9.17) is 16.8 Å². The van der Waals surface area contributed by atoms with Crippen LogP contribution in [-0.4, -0.2) is 47.1 Å². The van der Waals surface area contributed by atoms with E-state index in [2.05, 4.69) is 16.1 Å². The summed E-state index contributed by atoms with van der Waals surface area (Å²) >= 11 is 0. The molecule has 0 atom stereocenters. The lowest BCUT2D eigenvalue weighted by atomic mass is 10.4. The normalized spacial score (nSPS) is 10.8. The minimum Gasteiger partial charge on any atom is -0.478 e. The van der Waals surface area contributed by atoms with E-state index in [1.54, 1.807) is 6.07 Å². The van der Waals surface area contributed by atoms with Crippen molar-refractivity contribution in [1.29, 1.82) is 5.26 Å². The maximum Gasteiger partial charge on any atom is 0.340 e. The Balaban J connectivity index is 3.28. The molecule has 0 aliphatic heterocycles. The number of rotatable bonds is 5. The summed E-state index contributed by atoms with van der Waals surface area (Å²) < 4.78 is 24.8. The first kappa shape index (κ1) is 13.7. The molecule has 0 aliphatic rings. The van der Waals surface area contributed by atoms with Gasteiger partial charge in [-0.1, -0.05) is 5.92 Å². The Morgan fingerprint density at radius 1 is 1.61 bits per heavy atom. The van der Waals surface area contributed by atoms with Gasteiger partial charge in [-0.05, 0) is 0 Å². The Bertz CT molecular complexity index is 618. The van der Waals surface area contributed by atoms with E-state index >= 15 is 0 Å². The molecule has 0 bridgehead atoms. The Morgan fingerprint density at radius 2 is 2.28 bits per heavy atom. The molecule has 0 unspecified atom stereocenters. The maximum atomic E-state index is 12.0. The number of terminal acetylenes is 1. The van der Waals surface area contributed by atoms with Crippen LogP contribution in [0.2, 0.25) is 0 Å². The van der Waals surface area contributed by atoms with Gasteiger partial charge in [0.25, 0.3) is 10.0 Å². The van der Waals surface area contributed by atoms with Gasteiger partial charge in [0.1, 0.15) is 12.1 Å². The fraction of sp³-hybridized carbons (Fsp3) is 0.222. The summed E-state index contributed by atoms with van der Waals surface area (Å²) in [5, 5.41) is 22.2. The minimum absolute atomic E-state index is 0.339. The molecule has 0 radical (unpaired) electrons. The molecular weight excluding hydrogens is 260 g/mol. The molecular formula is C9H8N4O4S. The fourth-order valence-corrected chi connectivity index (χ4v) is 2.48. The number of carboxylic acids is 1. The molecule has 1 aromatic heterocycles. The Kier molecular flexibility index (Phi) is 4.05. The SMILES string of the molecule is C#CCN(CC#N)S(=O)(=O)c1[nH]ncc1C(=O)O. The van der Waals surface area contributed by atoms with Crippen LogP contribution in [-0.2, 0) is 10.0 Å². The van der Waals surface area contributed by atoms with Gasteiger partial charge in [0.2, 0.25) is 0 Å². The van der Waals surface area contributed by atoms with Crippen LogP contribution < -0.4 is 0 Å². The van der Waals surface area contributed by atoms with Crippen molar-refractivity contribution < 1.29 is 18.3 Å². The van der Waals surface area contributed by atoms with Crippen LogP contribution in [0.5, 0.6) is 0 Å². The first-order valence-corrected chi connectivity index (χ1v) is 5.96. The number of hydrogen-bond donors (Lipinski definition) is 2. The van der Waals surface area contributed by atoms with Crippen LogP contribution in [0.15, 0.2) is 11.2 Å². The van der Waals surface area contributed by atoms with Crippen LogP contribution in [0.1, 0.15) is 10.4 Å². The maximum absolute atomic E-state index is 12.0. The minimum atomic E-state index is -4.19. The highest BCUT2D eigenvalue weighted by molar-refractivity contribution is 7.89. The van der Waals surface area contributed by atoms with Gasteiger partial charge in [-0.15, -0.1) is 6.42 Å². The molecule has 0 spiro atoms. The van der Waals surface area contributed by atoms with Crippen molar-refractivity contribution in [2.24, 2.45) is 0 Å². The van der Waals surface area contributed by atoms with E-state index in [1.165, 1.54) is 0 Å². The molecule has 8 nitrogen and oxygen atoms in total. The van der Waals surface area contributed by atoms with E-state index in [0.29, 0.717) is 4.31 Å². The van der Waals surface area contributed by atoms with Crippen molar-refractivity contribution in [1.82, 2.24) is 14.5 Å². The summed E-state index contributed by atoms with van der Waals surface area (Å²) in [6.45, 7) is -0.821. The molecule has 0 amide bonds. The largest absolute Gasteiger partial charge is 0.478 e. The van der Waals surface area contributed by atoms with E-state index in [9.17, 15) is 13.2 Å². The van der Waals surface area contributed by atoms with Gasteiger partial charge in [0.05, 0.1) is 18.8 Å². The number of carbonyl (C=O) groups is 1. The third-order valence-corrected chi connectivity index (χ3v) is 3.71. The summed E-state index contributed by atoms with van der Waals surface area (Å²) in [5.74, 6) is 0.639. The summed E-state index contributed by atoms with van der Waals surface area (Å²) in [5.41, 5.74) is -0.505. The Morgan fingerprint density at radius 3 is 2.78 bits per heavy atom. The monoisotopic (exact) mass is 268 g/mol. The van der Waals surface area contributed by atoms with Gasteiger partial charge in [-0.3, -0.25) is 5.10 Å². The van der Waals surface area contributed by atoms with Gasteiger partial charge in [-0.2, -0.15) is 14.7 Å². The molecule has 0 aliphatic carbocycles. The molecule has 9 heteroatoms. The lowest BCUT2D eigenvalue weighted by Gasteiger charge is -2.15. The molecule has 1 rings (SSSR count). The average Bonchev–Trinajstić information content (AvgIpc) is 2.78. The first-order chi connectivity index (χ1) is 8.45. The summed E-state index contributed by atoms with van der Waals surface area (Å²) in [6.07, 6.45) is 5.87. The van der Waals surface area contributed by atoms with Crippen LogP contribution in [0.25, 0.3) is 0 Å². The standard InChI is InChI=1S/C9H8N4O4S/c1-2-4-13(5-3-10)18(16,17)8-7(9(14)15)6-11-12-8/h1,6H,4-5H2,(H,11,12)(H,14,15). The highest BCUT2D eigenvalue weighted by Crippen LogP contribution is 2.16. The van der Waals surface area contributed by atoms with E-state index in [0.717, 1.165) is 6.20 Å². The number of aromatic nitrogens is 2. The number of carboxylic acid groups (broad SMARTS) is 1. The zero-order valence-corrected chi connectivity index (χ0v) is 9.81. The van der Waals surface area contributed by atoms with Crippen molar-refractivity contribution in [2.75, 3.05) is 13.1 Å². The predicted molar refractivity (Wildman–Crippen MR) is 58.8 cm³/mol. The number of sulfonamides is 1. The van der Waals surface area contributed by atoms with Gasteiger partial charge in [0, 0.05) is 0 Å². The molecule has 2 N–H and O–H groups in total. The van der Waals surface area contributed by atoms with Crippen LogP contribution in [0, 0.1) is 23.7 Å². The van der Waals surface area contributed by atoms with Crippen molar-refractivity contribution >= 4 is 16.0 Å². The lowest BCUT2D eigenvalue weighted by molar-refractivity contribution is 0.0692. The number of aromatic carboxylic acids is 1. The highest BCUT2D eigenvalue weighted by Gasteiger charge is 2.30. The zero-order valence-electron chi connectivity index (χ0n) is 8.99. The number of hydrogen-bond acceptors (Lipinski definition) is 5. The Labute approximate surface area is 103 Å². The van der Waals surface area contributed by atoms with Gasteiger partial charge >= 0.3 is 5.97 Å². The van der Waals surface area contributed by atoms with Crippen molar-refractivity contribution in [3.8, 4) is 18.4 Å². The molecule has 0 saturated carbocycles. The summed E-state index contributed by atoms with van der Waals surface area (Å²) in [4.78, 5) is 10.8. The van der Waals surface area contributed by atoms with Crippen molar-refractivity contribution in [3.05, 3.63) is 11.8 Å². The third-order valence-electron chi connectivity index (χ3n) is 1.95. The average molecular weight is 268 g/mol. The second-order valence-electron chi connectivity index (χ2n) is 3.05. The second kappa shape index (κ2) is 5.31. The fourth-order valence-electron chi connectivity index (χ4n) is 1.16. The molecule has 0 fully saturated rings. The van der Waals surface area contributed by atoms with E-state index in [1.807, 2.05) is 0 Å². The molecule has 0 saturated heterocycles. The van der Waals surface area contributed by atoms with Crippen LogP contribution in [0.4, 0.5) is 0 Å². The van der Waals surface area contributed by atoms with E-state index < -0.39 is 33.1 Å². The molecule has 1 heterocycles. The smallest absolute Gasteiger partial charge is 0.340 e. The predicted octanol–water partition coefficient (Wildman–Crippen LogP) is -0.745. The second-order valence-corrected chi connectivity index (χ2v) is 4.93. The number of nitriles is 1. The first-order valence-electron chi connectivity index (χ1n) is 4.52. The Hall–Kier alpha value is -2.36. The third kappa shape index (κ3) is 2.48. The number of nitrogens with zero attached hydrogens (tertiary/aromatic N) is 3. The number of nitrogens with one attached hydrogen (secondary N) is 1. The van der Waals surface area contributed by atoms with Crippen LogP contribution >= 0.6 is 0 Å². The number of H-pyrrole nitrogens is 1. The lowest BCUT2D eigenvalue weighted by Crippen LogP contribution is -2.33. The topological polar surface area (TPSA) is 127 Å². The van der Waals surface area contributed by atoms with Crippen LogP contribution in [0.3, 0.4) is 0 Å².